The number of nitrogens with zero attached hydrogens (tertiary/aromatic N) is 3. The summed E-state index contributed by atoms with van der Waals surface area (Å²) in [6.07, 6.45) is 6.59. The molecule has 2 aliphatic rings. The highest BCUT2D eigenvalue weighted by Crippen LogP contribution is 2.40. The average molecular weight is 441 g/mol. The second-order valence-corrected chi connectivity index (χ2v) is 9.12. The highest BCUT2D eigenvalue weighted by atomic mass is 15.1. The molecule has 170 valence electrons. The molecule has 2 heterocycles. The number of fused-ring (bicyclic) bond motifs is 3. The maximum atomic E-state index is 7.79. The molecule has 1 aromatic heterocycles. The monoisotopic (exact) mass is 440 g/mol. The summed E-state index contributed by atoms with van der Waals surface area (Å²) in [4.78, 5) is 12.5. The molecule has 33 heavy (non-hydrogen) atoms. The van der Waals surface area contributed by atoms with Gasteiger partial charge in [0.25, 0.3) is 0 Å². The van der Waals surface area contributed by atoms with Gasteiger partial charge in [-0.1, -0.05) is 48.9 Å². The Balaban J connectivity index is 1.39. The van der Waals surface area contributed by atoms with Crippen LogP contribution in [0.2, 0.25) is 0 Å². The van der Waals surface area contributed by atoms with Crippen LogP contribution in [0.25, 0.3) is 11.1 Å². The van der Waals surface area contributed by atoms with Gasteiger partial charge >= 0.3 is 0 Å². The molecule has 1 fully saturated rings. The largest absolute Gasteiger partial charge is 0.384 e. The van der Waals surface area contributed by atoms with Crippen molar-refractivity contribution in [1.29, 1.82) is 5.41 Å². The Morgan fingerprint density at radius 3 is 2.64 bits per heavy atom. The van der Waals surface area contributed by atoms with E-state index >= 15 is 0 Å². The van der Waals surface area contributed by atoms with Crippen LogP contribution in [0, 0.1) is 5.41 Å². The molecule has 5 rings (SSSR count). The molecule has 6 heteroatoms. The Kier molecular flexibility index (Phi) is 6.35. The molecule has 2 aromatic carbocycles. The lowest BCUT2D eigenvalue weighted by Crippen LogP contribution is -2.31. The summed E-state index contributed by atoms with van der Waals surface area (Å²) in [7, 11) is 0. The van der Waals surface area contributed by atoms with Crippen LogP contribution in [0.15, 0.2) is 48.5 Å². The normalized spacial score (nSPS) is 15.2. The minimum Gasteiger partial charge on any atom is -0.384 e. The fourth-order valence-corrected chi connectivity index (χ4v) is 4.98. The second-order valence-electron chi connectivity index (χ2n) is 9.12. The summed E-state index contributed by atoms with van der Waals surface area (Å²) in [5.74, 6) is 1.87. The fourth-order valence-electron chi connectivity index (χ4n) is 4.98. The second kappa shape index (κ2) is 9.71. The van der Waals surface area contributed by atoms with E-state index in [0.717, 1.165) is 60.0 Å². The van der Waals surface area contributed by atoms with E-state index in [1.54, 1.807) is 0 Å². The molecule has 0 bridgehead atoms. The van der Waals surface area contributed by atoms with Gasteiger partial charge in [0.15, 0.2) is 0 Å². The zero-order chi connectivity index (χ0) is 22.6. The lowest BCUT2D eigenvalue weighted by atomic mass is 10.0. The minimum absolute atomic E-state index is 0.0978. The summed E-state index contributed by atoms with van der Waals surface area (Å²) < 4.78 is 0. The Hall–Kier alpha value is -3.25. The summed E-state index contributed by atoms with van der Waals surface area (Å²) >= 11 is 0. The predicted molar refractivity (Wildman–Crippen MR) is 134 cm³/mol. The van der Waals surface area contributed by atoms with E-state index in [1.807, 2.05) is 18.2 Å². The number of nitrogens with two attached hydrogens (primary N) is 1. The molecule has 1 aliphatic carbocycles. The van der Waals surface area contributed by atoms with Crippen molar-refractivity contribution in [2.24, 2.45) is 5.73 Å². The first-order chi connectivity index (χ1) is 16.2. The van der Waals surface area contributed by atoms with Gasteiger partial charge in [0.05, 0.1) is 5.69 Å². The smallest absolute Gasteiger partial charge is 0.137 e. The number of amidine groups is 1. The van der Waals surface area contributed by atoms with Crippen molar-refractivity contribution in [3.8, 4) is 11.1 Å². The lowest BCUT2D eigenvalue weighted by Gasteiger charge is -2.26. The highest BCUT2D eigenvalue weighted by molar-refractivity contribution is 5.96. The first kappa shape index (κ1) is 21.6. The van der Waals surface area contributed by atoms with Gasteiger partial charge in [0, 0.05) is 30.5 Å². The van der Waals surface area contributed by atoms with Crippen LogP contribution in [0.4, 0.5) is 5.82 Å². The molecular weight excluding hydrogens is 408 g/mol. The van der Waals surface area contributed by atoms with Crippen LogP contribution in [0.3, 0.4) is 0 Å². The number of nitrogen functional groups attached to an aromatic ring is 1. The molecule has 0 saturated carbocycles. The number of piperidine rings is 1. The van der Waals surface area contributed by atoms with Crippen molar-refractivity contribution in [2.75, 3.05) is 31.5 Å². The zero-order valence-corrected chi connectivity index (χ0v) is 19.1. The van der Waals surface area contributed by atoms with Gasteiger partial charge < -0.3 is 16.0 Å². The van der Waals surface area contributed by atoms with Crippen molar-refractivity contribution in [3.05, 3.63) is 76.7 Å². The van der Waals surface area contributed by atoms with Crippen molar-refractivity contribution in [1.82, 2.24) is 14.9 Å². The zero-order valence-electron chi connectivity index (χ0n) is 19.1. The van der Waals surface area contributed by atoms with Gasteiger partial charge in [-0.2, -0.15) is 0 Å². The topological polar surface area (TPSA) is 90.9 Å². The number of hydrogen-bond donors (Lipinski definition) is 3. The van der Waals surface area contributed by atoms with Crippen molar-refractivity contribution in [3.63, 3.8) is 0 Å². The molecule has 0 spiro atoms. The van der Waals surface area contributed by atoms with Gasteiger partial charge in [0.1, 0.15) is 17.5 Å². The Bertz CT molecular complexity index is 1130. The summed E-state index contributed by atoms with van der Waals surface area (Å²) in [6.45, 7) is 4.49. The van der Waals surface area contributed by atoms with Crippen molar-refractivity contribution in [2.45, 2.75) is 38.5 Å². The quantitative estimate of drug-likeness (QED) is 0.217. The first-order valence-electron chi connectivity index (χ1n) is 12.0. The van der Waals surface area contributed by atoms with Crippen LogP contribution >= 0.6 is 0 Å². The van der Waals surface area contributed by atoms with Gasteiger partial charge in [-0.3, -0.25) is 5.41 Å². The third-order valence-electron chi connectivity index (χ3n) is 6.67. The molecular formula is C27H32N6. The lowest BCUT2D eigenvalue weighted by molar-refractivity contribution is 0.228. The molecule has 4 N–H and O–H groups in total. The van der Waals surface area contributed by atoms with Gasteiger partial charge in [0.2, 0.25) is 0 Å². The molecule has 1 aliphatic heterocycles. The maximum absolute atomic E-state index is 7.79. The third kappa shape index (κ3) is 4.91. The van der Waals surface area contributed by atoms with Crippen LogP contribution < -0.4 is 11.1 Å². The van der Waals surface area contributed by atoms with Crippen molar-refractivity contribution >= 4 is 11.7 Å². The average Bonchev–Trinajstić information content (AvgIpc) is 3.20. The molecule has 0 radical (unpaired) electrons. The summed E-state index contributed by atoms with van der Waals surface area (Å²) in [5, 5.41) is 11.4. The highest BCUT2D eigenvalue weighted by Gasteiger charge is 2.25. The van der Waals surface area contributed by atoms with E-state index < -0.39 is 0 Å². The van der Waals surface area contributed by atoms with Crippen LogP contribution in [-0.4, -0.2) is 46.9 Å². The van der Waals surface area contributed by atoms with Crippen LogP contribution in [-0.2, 0) is 12.8 Å². The molecule has 6 nitrogen and oxygen atoms in total. The van der Waals surface area contributed by atoms with Gasteiger partial charge in [-0.25, -0.2) is 9.97 Å². The number of rotatable bonds is 8. The first-order valence-corrected chi connectivity index (χ1v) is 12.0. The molecule has 0 amide bonds. The third-order valence-corrected chi connectivity index (χ3v) is 6.67. The summed E-state index contributed by atoms with van der Waals surface area (Å²) in [5.41, 5.74) is 12.2. The fraction of sp³-hybridized carbons (Fsp3) is 0.370. The van der Waals surface area contributed by atoms with Crippen LogP contribution in [0.5, 0.6) is 0 Å². The Morgan fingerprint density at radius 2 is 1.85 bits per heavy atom. The number of benzene rings is 2. The SMILES string of the molecule is N=C(N)c1ccc2c(c1)Cc1nc(Cc3ccccc3)nc(NCCCN3CCCCC3)c1-2. The number of hydrogen-bond acceptors (Lipinski definition) is 5. The Morgan fingerprint density at radius 1 is 1.03 bits per heavy atom. The molecule has 3 aromatic rings. The van der Waals surface area contributed by atoms with E-state index in [0.29, 0.717) is 6.42 Å². The van der Waals surface area contributed by atoms with E-state index in [9.17, 15) is 0 Å². The predicted octanol–water partition coefficient (Wildman–Crippen LogP) is 4.21. The van der Waals surface area contributed by atoms with E-state index in [-0.39, 0.29) is 5.84 Å². The maximum Gasteiger partial charge on any atom is 0.137 e. The number of aromatic nitrogens is 2. The number of nitrogens with one attached hydrogen (secondary N) is 2. The number of anilines is 1. The molecule has 0 atom stereocenters. The number of likely N-dealkylation sites (tertiary alicyclic amines) is 1. The van der Waals surface area contributed by atoms with E-state index in [2.05, 4.69) is 40.5 Å². The minimum atomic E-state index is 0.0978. The standard InChI is InChI=1S/C27H32N6/c28-26(29)20-10-11-22-21(17-20)18-23-25(22)27(30-12-7-15-33-13-5-2-6-14-33)32-24(31-23)16-19-8-3-1-4-9-19/h1,3-4,8-11,17H,2,5-7,12-16,18H2,(H3,28,29)(H,30,31,32). The van der Waals surface area contributed by atoms with Gasteiger partial charge in [-0.05, 0) is 61.7 Å². The molecule has 0 unspecified atom stereocenters. The van der Waals surface area contributed by atoms with Gasteiger partial charge in [-0.15, -0.1) is 0 Å². The Labute approximate surface area is 195 Å². The molecule has 1 saturated heterocycles. The van der Waals surface area contributed by atoms with Crippen LogP contribution in [0.1, 0.15) is 53.9 Å². The van der Waals surface area contributed by atoms with E-state index in [1.165, 1.54) is 43.5 Å². The van der Waals surface area contributed by atoms with E-state index in [4.69, 9.17) is 21.1 Å². The van der Waals surface area contributed by atoms with Crippen molar-refractivity contribution < 1.29 is 0 Å². The summed E-state index contributed by atoms with van der Waals surface area (Å²) in [6, 6.07) is 16.4.